The molecule has 0 atom stereocenters. The lowest BCUT2D eigenvalue weighted by molar-refractivity contribution is -0.557. The zero-order chi connectivity index (χ0) is 8.65. The Morgan fingerprint density at radius 2 is 2.00 bits per heavy atom. The van der Waals surface area contributed by atoms with Gasteiger partial charge in [0, 0.05) is 13.8 Å². The molecule has 4 heteroatoms. The van der Waals surface area contributed by atoms with E-state index in [0.717, 1.165) is 11.7 Å². The lowest BCUT2D eigenvalue weighted by Crippen LogP contribution is -3.00. The van der Waals surface area contributed by atoms with Crippen molar-refractivity contribution in [3.8, 4) is 0 Å². The number of likely N-dealkylation sites (N-methyl/N-ethyl adjacent to an activating group) is 1. The van der Waals surface area contributed by atoms with Crippen molar-refractivity contribution in [3.05, 3.63) is 11.3 Å². The number of nitrogens with zero attached hydrogens (tertiary/aromatic N) is 1. The Labute approximate surface area is 84.3 Å². The first kappa shape index (κ1) is 11.8. The monoisotopic (exact) mass is 209 g/mol. The topological polar surface area (TPSA) is 12.2 Å². The minimum atomic E-state index is -0.105. The molecule has 0 amide bonds. The molecule has 0 unspecified atom stereocenters. The Morgan fingerprint density at radius 1 is 1.50 bits per heavy atom. The van der Waals surface area contributed by atoms with E-state index < -0.39 is 0 Å². The minimum absolute atomic E-state index is 0. The van der Waals surface area contributed by atoms with Crippen LogP contribution in [-0.2, 0) is 4.74 Å². The van der Waals surface area contributed by atoms with E-state index in [1.54, 1.807) is 0 Å². The molecule has 1 aliphatic heterocycles. The summed E-state index contributed by atoms with van der Waals surface area (Å²) < 4.78 is 7.47. The first-order valence-corrected chi connectivity index (χ1v) is 4.00. The average Bonchev–Trinajstić information content (AvgIpc) is 2.13. The van der Waals surface area contributed by atoms with E-state index in [0.29, 0.717) is 0 Å². The van der Waals surface area contributed by atoms with Gasteiger partial charge in [-0.3, -0.25) is 0 Å². The molecule has 70 valence electrons. The number of ether oxygens (including phenoxy) is 1. The van der Waals surface area contributed by atoms with Gasteiger partial charge in [0.05, 0.1) is 12.5 Å². The fourth-order valence-corrected chi connectivity index (χ4v) is 1.38. The maximum atomic E-state index is 5.60. The molecule has 0 saturated carbocycles. The molecule has 0 fully saturated rings. The molecule has 2 nitrogen and oxygen atoms in total. The minimum Gasteiger partial charge on any atom is -1.00 e. The predicted octanol–water partition coefficient (Wildman–Crippen LogP) is -1.06. The van der Waals surface area contributed by atoms with Crippen LogP contribution in [0, 0.1) is 0 Å². The van der Waals surface area contributed by atoms with Crippen molar-refractivity contribution >= 4 is 17.5 Å². The number of hydrogen-bond donors (Lipinski definition) is 0. The molecular weight excluding hydrogens is 197 g/mol. The van der Waals surface area contributed by atoms with Crippen LogP contribution in [0.4, 0.5) is 0 Å². The third-order valence-electron chi connectivity index (χ3n) is 2.27. The molecule has 0 aromatic rings. The molecule has 0 aliphatic carbocycles. The third-order valence-corrected chi connectivity index (χ3v) is 2.47. The van der Waals surface area contributed by atoms with Crippen LogP contribution < -0.4 is 12.4 Å². The largest absolute Gasteiger partial charge is 1.00 e. The van der Waals surface area contributed by atoms with Crippen LogP contribution in [0.5, 0.6) is 0 Å². The molecule has 0 N–H and O–H groups in total. The third kappa shape index (κ3) is 1.59. The van der Waals surface area contributed by atoms with Crippen LogP contribution in [-0.4, -0.2) is 23.1 Å². The van der Waals surface area contributed by atoms with Gasteiger partial charge in [-0.15, -0.1) is 0 Å². The summed E-state index contributed by atoms with van der Waals surface area (Å²) in [5.41, 5.74) is 1.39. The molecular formula is C8H13Cl2NO. The Bertz CT molecular complexity index is 243. The molecule has 1 rings (SSSR count). The Morgan fingerprint density at radius 3 is 2.17 bits per heavy atom. The molecule has 0 aromatic carbocycles. The number of rotatable bonds is 0. The summed E-state index contributed by atoms with van der Waals surface area (Å²) in [5.74, 6) is 1.70. The number of hydrogen-bond acceptors (Lipinski definition) is 1. The normalized spacial score (nSPS) is 23.9. The van der Waals surface area contributed by atoms with E-state index >= 15 is 0 Å². The highest BCUT2D eigenvalue weighted by Crippen LogP contribution is 2.27. The van der Waals surface area contributed by atoms with Gasteiger partial charge in [-0.25, -0.2) is 0 Å². The fourth-order valence-electron chi connectivity index (χ4n) is 1.07. The second kappa shape index (κ2) is 3.67. The van der Waals surface area contributed by atoms with Crippen molar-refractivity contribution in [2.45, 2.75) is 26.3 Å². The summed E-state index contributed by atoms with van der Waals surface area (Å²) in [6.07, 6.45) is 0. The zero-order valence-corrected chi connectivity index (χ0v) is 9.20. The van der Waals surface area contributed by atoms with Gasteiger partial charge in [0.15, 0.2) is 5.76 Å². The highest BCUT2D eigenvalue weighted by molar-refractivity contribution is 6.25. The molecule has 0 aromatic heterocycles. The lowest BCUT2D eigenvalue weighted by Gasteiger charge is -2.11. The highest BCUT2D eigenvalue weighted by atomic mass is 35.5. The Kier molecular flexibility index (Phi) is 3.60. The van der Waals surface area contributed by atoms with E-state index in [2.05, 4.69) is 18.4 Å². The SMILES string of the molecule is CC1=[N+](C)C(C)(C)C(=CCl)O1.[Cl-]. The van der Waals surface area contributed by atoms with Crippen molar-refractivity contribution in [2.24, 2.45) is 0 Å². The van der Waals surface area contributed by atoms with Crippen LogP contribution in [0.2, 0.25) is 0 Å². The summed E-state index contributed by atoms with van der Waals surface area (Å²) in [5, 5.41) is 0. The molecule has 0 saturated heterocycles. The first-order chi connectivity index (χ1) is 5.00. The second-order valence-corrected chi connectivity index (χ2v) is 3.43. The fraction of sp³-hybridized carbons (Fsp3) is 0.625. The van der Waals surface area contributed by atoms with E-state index in [4.69, 9.17) is 16.3 Å². The van der Waals surface area contributed by atoms with Gasteiger partial charge < -0.3 is 17.1 Å². The van der Waals surface area contributed by atoms with Crippen molar-refractivity contribution in [2.75, 3.05) is 7.05 Å². The average molecular weight is 210 g/mol. The summed E-state index contributed by atoms with van der Waals surface area (Å²) in [4.78, 5) is 0. The summed E-state index contributed by atoms with van der Waals surface area (Å²) >= 11 is 5.60. The van der Waals surface area contributed by atoms with Crippen molar-refractivity contribution in [3.63, 3.8) is 0 Å². The van der Waals surface area contributed by atoms with Crippen LogP contribution in [0.3, 0.4) is 0 Å². The van der Waals surface area contributed by atoms with Crippen molar-refractivity contribution < 1.29 is 21.7 Å². The maximum Gasteiger partial charge on any atom is 0.339 e. The molecule has 0 spiro atoms. The molecule has 0 bridgehead atoms. The van der Waals surface area contributed by atoms with Crippen LogP contribution in [0.1, 0.15) is 20.8 Å². The number of halogens is 2. The summed E-state index contributed by atoms with van der Waals surface area (Å²) in [6.45, 7) is 6.06. The quantitative estimate of drug-likeness (QED) is 0.464. The van der Waals surface area contributed by atoms with Gasteiger partial charge in [-0.05, 0) is 0 Å². The Hall–Kier alpha value is -0.210. The van der Waals surface area contributed by atoms with Crippen molar-refractivity contribution in [1.82, 2.24) is 0 Å². The molecule has 1 heterocycles. The standard InChI is InChI=1S/C8H13ClNO.ClH/c1-6-10(4)8(2,3)7(5-9)11-6;/h5H,1-4H3;1H/q+1;/p-1. The summed E-state index contributed by atoms with van der Waals surface area (Å²) in [7, 11) is 1.99. The molecule has 1 aliphatic rings. The van der Waals surface area contributed by atoms with Crippen LogP contribution in [0.25, 0.3) is 0 Å². The van der Waals surface area contributed by atoms with Crippen LogP contribution in [0.15, 0.2) is 11.3 Å². The van der Waals surface area contributed by atoms with Gasteiger partial charge in [-0.2, -0.15) is 4.58 Å². The maximum absolute atomic E-state index is 5.60. The smallest absolute Gasteiger partial charge is 0.339 e. The van der Waals surface area contributed by atoms with Gasteiger partial charge in [0.1, 0.15) is 7.05 Å². The van der Waals surface area contributed by atoms with E-state index in [1.165, 1.54) is 5.54 Å². The highest BCUT2D eigenvalue weighted by Gasteiger charge is 2.43. The Balaban J connectivity index is 0.00000121. The predicted molar refractivity (Wildman–Crippen MR) is 46.0 cm³/mol. The summed E-state index contributed by atoms with van der Waals surface area (Å²) in [6, 6.07) is 0. The molecule has 12 heavy (non-hydrogen) atoms. The first-order valence-electron chi connectivity index (χ1n) is 3.56. The van der Waals surface area contributed by atoms with Crippen molar-refractivity contribution in [1.29, 1.82) is 0 Å². The van der Waals surface area contributed by atoms with E-state index in [9.17, 15) is 0 Å². The van der Waals surface area contributed by atoms with Gasteiger partial charge in [0.2, 0.25) is 5.54 Å². The van der Waals surface area contributed by atoms with Gasteiger partial charge in [-0.1, -0.05) is 11.6 Å². The second-order valence-electron chi connectivity index (χ2n) is 3.21. The van der Waals surface area contributed by atoms with Gasteiger partial charge >= 0.3 is 5.90 Å². The van der Waals surface area contributed by atoms with E-state index in [-0.39, 0.29) is 17.9 Å². The zero-order valence-electron chi connectivity index (χ0n) is 7.69. The molecule has 0 radical (unpaired) electrons. The van der Waals surface area contributed by atoms with Gasteiger partial charge in [0.25, 0.3) is 0 Å². The lowest BCUT2D eigenvalue weighted by atomic mass is 10.0. The van der Waals surface area contributed by atoms with Crippen LogP contribution >= 0.6 is 11.6 Å². The van der Waals surface area contributed by atoms with E-state index in [1.807, 2.05) is 14.0 Å².